The van der Waals surface area contributed by atoms with Gasteiger partial charge in [0.15, 0.2) is 0 Å². The predicted octanol–water partition coefficient (Wildman–Crippen LogP) is 4.01. The molecule has 4 nitrogen and oxygen atoms in total. The number of nitrogens with zero attached hydrogens (tertiary/aromatic N) is 2. The molecule has 122 valence electrons. The number of nitrogens with one attached hydrogen (secondary N) is 1. The van der Waals surface area contributed by atoms with Gasteiger partial charge in [-0.1, -0.05) is 27.2 Å². The van der Waals surface area contributed by atoms with Crippen LogP contribution in [0.4, 0.5) is 0 Å². The Balaban J connectivity index is 2.01. The van der Waals surface area contributed by atoms with Gasteiger partial charge in [0.1, 0.15) is 5.82 Å². The Labute approximate surface area is 137 Å². The van der Waals surface area contributed by atoms with E-state index in [-0.39, 0.29) is 5.56 Å². The summed E-state index contributed by atoms with van der Waals surface area (Å²) in [6.45, 7) is 6.87. The molecule has 0 radical (unpaired) electrons. The van der Waals surface area contributed by atoms with Gasteiger partial charge in [-0.2, -0.15) is 0 Å². The molecule has 1 aliphatic carbocycles. The second-order valence-corrected chi connectivity index (χ2v) is 7.19. The summed E-state index contributed by atoms with van der Waals surface area (Å²) in [5.74, 6) is 2.93. The first-order valence-electron chi connectivity index (χ1n) is 8.56. The minimum atomic E-state index is -0.0671. The molecule has 3 atom stereocenters. The minimum absolute atomic E-state index is 0.0671. The lowest BCUT2D eigenvalue weighted by molar-refractivity contribution is 0.194. The summed E-state index contributed by atoms with van der Waals surface area (Å²) < 4.78 is 0. The largest absolute Gasteiger partial charge is 0.307 e. The molecule has 3 unspecified atom stereocenters. The standard InChI is InChI=1S/C19H25N3O/c1-12(2)15-5-4-13(3)10-16(15)17-11-18(23)22-19(21-17)14-6-8-20-9-7-14/h6-9,11-13,15-16H,4-5,10H2,1-3H3,(H,21,22,23). The third-order valence-electron chi connectivity index (χ3n) is 5.12. The van der Waals surface area contributed by atoms with Gasteiger partial charge in [-0.25, -0.2) is 4.98 Å². The van der Waals surface area contributed by atoms with Crippen molar-refractivity contribution >= 4 is 0 Å². The molecule has 1 aliphatic rings. The third-order valence-corrected chi connectivity index (χ3v) is 5.12. The van der Waals surface area contributed by atoms with Crippen molar-refractivity contribution in [2.24, 2.45) is 17.8 Å². The molecule has 0 spiro atoms. The van der Waals surface area contributed by atoms with E-state index in [0.29, 0.717) is 29.5 Å². The number of pyridine rings is 1. The molecule has 2 aromatic rings. The fourth-order valence-corrected chi connectivity index (χ4v) is 3.86. The number of hydrogen-bond acceptors (Lipinski definition) is 3. The van der Waals surface area contributed by atoms with Gasteiger partial charge in [0.05, 0.1) is 5.69 Å². The van der Waals surface area contributed by atoms with Crippen molar-refractivity contribution in [3.05, 3.63) is 46.6 Å². The van der Waals surface area contributed by atoms with Gasteiger partial charge in [0, 0.05) is 29.9 Å². The van der Waals surface area contributed by atoms with Crippen LogP contribution in [0.1, 0.15) is 51.6 Å². The van der Waals surface area contributed by atoms with E-state index in [1.165, 1.54) is 12.8 Å². The fraction of sp³-hybridized carbons (Fsp3) is 0.526. The van der Waals surface area contributed by atoms with Crippen LogP contribution in [0.25, 0.3) is 11.4 Å². The molecule has 1 saturated carbocycles. The third kappa shape index (κ3) is 3.52. The molecule has 2 aromatic heterocycles. The molecule has 0 amide bonds. The van der Waals surface area contributed by atoms with Crippen molar-refractivity contribution in [3.8, 4) is 11.4 Å². The molecule has 0 saturated heterocycles. The first-order valence-corrected chi connectivity index (χ1v) is 8.56. The topological polar surface area (TPSA) is 58.6 Å². The summed E-state index contributed by atoms with van der Waals surface area (Å²) in [4.78, 5) is 23.9. The van der Waals surface area contributed by atoms with E-state index in [9.17, 15) is 4.79 Å². The summed E-state index contributed by atoms with van der Waals surface area (Å²) in [7, 11) is 0. The first-order chi connectivity index (χ1) is 11.0. The van der Waals surface area contributed by atoms with E-state index in [2.05, 4.69) is 30.7 Å². The Morgan fingerprint density at radius 3 is 2.65 bits per heavy atom. The quantitative estimate of drug-likeness (QED) is 0.931. The minimum Gasteiger partial charge on any atom is -0.307 e. The van der Waals surface area contributed by atoms with Crippen LogP contribution in [0.2, 0.25) is 0 Å². The highest BCUT2D eigenvalue weighted by Gasteiger charge is 2.33. The Kier molecular flexibility index (Phi) is 4.60. The number of aromatic nitrogens is 3. The van der Waals surface area contributed by atoms with Crippen molar-refractivity contribution in [2.75, 3.05) is 0 Å². The molecule has 4 heteroatoms. The van der Waals surface area contributed by atoms with Gasteiger partial charge < -0.3 is 4.98 Å². The molecule has 1 N–H and O–H groups in total. The van der Waals surface area contributed by atoms with Gasteiger partial charge in [0.25, 0.3) is 5.56 Å². The van der Waals surface area contributed by atoms with Crippen LogP contribution in [0, 0.1) is 17.8 Å². The molecule has 1 fully saturated rings. The van der Waals surface area contributed by atoms with Gasteiger partial charge in [0.2, 0.25) is 0 Å². The number of rotatable bonds is 3. The number of hydrogen-bond donors (Lipinski definition) is 1. The number of H-pyrrole nitrogens is 1. The Morgan fingerprint density at radius 1 is 1.22 bits per heavy atom. The fourth-order valence-electron chi connectivity index (χ4n) is 3.86. The maximum absolute atomic E-state index is 12.2. The highest BCUT2D eigenvalue weighted by atomic mass is 16.1. The van der Waals surface area contributed by atoms with E-state index in [4.69, 9.17) is 4.98 Å². The molecule has 0 aromatic carbocycles. The average Bonchev–Trinajstić information content (AvgIpc) is 2.54. The maximum atomic E-state index is 12.2. The van der Waals surface area contributed by atoms with Gasteiger partial charge in [-0.05, 0) is 42.7 Å². The summed E-state index contributed by atoms with van der Waals surface area (Å²) in [6.07, 6.45) is 7.07. The van der Waals surface area contributed by atoms with Crippen LogP contribution in [0.15, 0.2) is 35.4 Å². The van der Waals surface area contributed by atoms with Crippen LogP contribution in [0.5, 0.6) is 0 Å². The molecule has 23 heavy (non-hydrogen) atoms. The molecule has 0 bridgehead atoms. The van der Waals surface area contributed by atoms with E-state index in [1.54, 1.807) is 18.5 Å². The zero-order chi connectivity index (χ0) is 16.4. The van der Waals surface area contributed by atoms with E-state index < -0.39 is 0 Å². The van der Waals surface area contributed by atoms with Crippen LogP contribution in [0.3, 0.4) is 0 Å². The highest BCUT2D eigenvalue weighted by molar-refractivity contribution is 5.53. The maximum Gasteiger partial charge on any atom is 0.251 e. The molecule has 3 rings (SSSR count). The van der Waals surface area contributed by atoms with Gasteiger partial charge >= 0.3 is 0 Å². The van der Waals surface area contributed by atoms with E-state index in [0.717, 1.165) is 17.7 Å². The van der Waals surface area contributed by atoms with Crippen molar-refractivity contribution in [1.29, 1.82) is 0 Å². The van der Waals surface area contributed by atoms with E-state index >= 15 is 0 Å². The predicted molar refractivity (Wildman–Crippen MR) is 92.2 cm³/mol. The zero-order valence-corrected chi connectivity index (χ0v) is 14.1. The summed E-state index contributed by atoms with van der Waals surface area (Å²) in [5, 5.41) is 0. The second-order valence-electron chi connectivity index (χ2n) is 7.19. The van der Waals surface area contributed by atoms with E-state index in [1.807, 2.05) is 12.1 Å². The molecule has 2 heterocycles. The second kappa shape index (κ2) is 6.65. The van der Waals surface area contributed by atoms with Gasteiger partial charge in [-0.3, -0.25) is 9.78 Å². The molecular formula is C19H25N3O. The molecular weight excluding hydrogens is 286 g/mol. The molecule has 0 aliphatic heterocycles. The van der Waals surface area contributed by atoms with Crippen molar-refractivity contribution in [1.82, 2.24) is 15.0 Å². The van der Waals surface area contributed by atoms with Crippen molar-refractivity contribution in [3.63, 3.8) is 0 Å². The van der Waals surface area contributed by atoms with Crippen molar-refractivity contribution in [2.45, 2.75) is 46.0 Å². The van der Waals surface area contributed by atoms with Crippen LogP contribution in [-0.2, 0) is 0 Å². The van der Waals surface area contributed by atoms with Crippen LogP contribution >= 0.6 is 0 Å². The smallest absolute Gasteiger partial charge is 0.251 e. The van der Waals surface area contributed by atoms with Crippen molar-refractivity contribution < 1.29 is 0 Å². The van der Waals surface area contributed by atoms with Gasteiger partial charge in [-0.15, -0.1) is 0 Å². The summed E-state index contributed by atoms with van der Waals surface area (Å²) in [5.41, 5.74) is 1.79. The lowest BCUT2D eigenvalue weighted by atomic mass is 9.69. The monoisotopic (exact) mass is 311 g/mol. The normalized spacial score (nSPS) is 24.8. The Bertz CT molecular complexity index is 708. The lowest BCUT2D eigenvalue weighted by Crippen LogP contribution is -2.28. The van der Waals surface area contributed by atoms with Crippen LogP contribution < -0.4 is 5.56 Å². The SMILES string of the molecule is CC1CCC(C(C)C)C(c2cc(=O)[nH]c(-c3ccncc3)n2)C1. The Morgan fingerprint density at radius 2 is 1.96 bits per heavy atom. The zero-order valence-electron chi connectivity index (χ0n) is 14.1. The van der Waals surface area contributed by atoms with Crippen LogP contribution in [-0.4, -0.2) is 15.0 Å². The summed E-state index contributed by atoms with van der Waals surface area (Å²) >= 11 is 0. The average molecular weight is 311 g/mol. The number of aromatic amines is 1. The Hall–Kier alpha value is -1.97. The lowest BCUT2D eigenvalue weighted by Gasteiger charge is -2.37. The highest BCUT2D eigenvalue weighted by Crippen LogP contribution is 2.43. The summed E-state index contributed by atoms with van der Waals surface area (Å²) in [6, 6.07) is 5.46. The first kappa shape index (κ1) is 15.9.